The Hall–Kier alpha value is -3.75. The Morgan fingerprint density at radius 2 is 1.81 bits per heavy atom. The summed E-state index contributed by atoms with van der Waals surface area (Å²) in [7, 11) is 4.73. The van der Waals surface area contributed by atoms with Crippen molar-refractivity contribution in [1.82, 2.24) is 15.0 Å². The second kappa shape index (κ2) is 8.95. The number of carbonyl (C=O) groups is 1. The van der Waals surface area contributed by atoms with Crippen LogP contribution in [0.15, 0.2) is 47.0 Å². The number of methoxy groups -OCH3 is 3. The Labute approximate surface area is 179 Å². The van der Waals surface area contributed by atoms with E-state index in [1.807, 2.05) is 24.3 Å². The van der Waals surface area contributed by atoms with Gasteiger partial charge in [-0.1, -0.05) is 5.16 Å². The van der Waals surface area contributed by atoms with Crippen molar-refractivity contribution in [3.05, 3.63) is 48.4 Å². The second-order valence-electron chi connectivity index (χ2n) is 7.03. The minimum absolute atomic E-state index is 0.254. The fraction of sp³-hybridized carbons (Fsp3) is 0.318. The van der Waals surface area contributed by atoms with Crippen molar-refractivity contribution in [3.63, 3.8) is 0 Å². The summed E-state index contributed by atoms with van der Waals surface area (Å²) in [6.07, 6.45) is 1.59. The highest BCUT2D eigenvalue weighted by molar-refractivity contribution is 5.91. The van der Waals surface area contributed by atoms with E-state index >= 15 is 0 Å². The Bertz CT molecular complexity index is 1050. The number of urea groups is 1. The number of likely N-dealkylation sites (tertiary alicyclic amines) is 1. The molecule has 9 nitrogen and oxygen atoms in total. The SMILES string of the molecule is COc1ccc(-c2noc(C3CCCN3C(=O)Nc3ccc(OC)cc3OC)n2)cc1. The maximum absolute atomic E-state index is 13.0. The van der Waals surface area contributed by atoms with E-state index in [2.05, 4.69) is 15.5 Å². The molecule has 2 aromatic carbocycles. The summed E-state index contributed by atoms with van der Waals surface area (Å²) in [6.45, 7) is 0.592. The predicted molar refractivity (Wildman–Crippen MR) is 114 cm³/mol. The lowest BCUT2D eigenvalue weighted by molar-refractivity contribution is 0.193. The van der Waals surface area contributed by atoms with E-state index in [9.17, 15) is 4.79 Å². The molecule has 2 heterocycles. The molecule has 1 fully saturated rings. The molecule has 0 spiro atoms. The molecule has 1 aromatic heterocycles. The van der Waals surface area contributed by atoms with Gasteiger partial charge in [-0.15, -0.1) is 0 Å². The van der Waals surface area contributed by atoms with Crippen molar-refractivity contribution in [2.45, 2.75) is 18.9 Å². The summed E-state index contributed by atoms with van der Waals surface area (Å²) >= 11 is 0. The lowest BCUT2D eigenvalue weighted by Gasteiger charge is -2.23. The number of carbonyl (C=O) groups excluding carboxylic acids is 1. The number of anilines is 1. The van der Waals surface area contributed by atoms with Gasteiger partial charge in [-0.3, -0.25) is 0 Å². The van der Waals surface area contributed by atoms with Gasteiger partial charge in [-0.25, -0.2) is 4.79 Å². The van der Waals surface area contributed by atoms with Crippen LogP contribution in [0, 0.1) is 0 Å². The molecule has 4 rings (SSSR count). The Morgan fingerprint density at radius 3 is 2.52 bits per heavy atom. The quantitative estimate of drug-likeness (QED) is 0.635. The van der Waals surface area contributed by atoms with E-state index in [1.54, 1.807) is 44.4 Å². The van der Waals surface area contributed by atoms with Crippen LogP contribution in [0.2, 0.25) is 0 Å². The van der Waals surface area contributed by atoms with Gasteiger partial charge in [0.2, 0.25) is 11.7 Å². The van der Waals surface area contributed by atoms with E-state index in [0.29, 0.717) is 35.4 Å². The maximum atomic E-state index is 13.0. The van der Waals surface area contributed by atoms with E-state index in [0.717, 1.165) is 24.2 Å². The normalized spacial score (nSPS) is 15.6. The van der Waals surface area contributed by atoms with Gasteiger partial charge in [0.1, 0.15) is 23.3 Å². The molecular formula is C22H24N4O5. The summed E-state index contributed by atoms with van der Waals surface area (Å²) in [5.74, 6) is 2.80. The van der Waals surface area contributed by atoms with Gasteiger partial charge in [-0.2, -0.15) is 4.98 Å². The highest BCUT2D eigenvalue weighted by Gasteiger charge is 2.34. The summed E-state index contributed by atoms with van der Waals surface area (Å²) in [6, 6.07) is 12.1. The van der Waals surface area contributed by atoms with Crippen molar-refractivity contribution in [2.75, 3.05) is 33.2 Å². The third kappa shape index (κ3) is 4.25. The van der Waals surface area contributed by atoms with Crippen LogP contribution in [0.4, 0.5) is 10.5 Å². The van der Waals surface area contributed by atoms with Crippen LogP contribution in [0.25, 0.3) is 11.4 Å². The molecule has 3 aromatic rings. The molecule has 1 saturated heterocycles. The highest BCUT2D eigenvalue weighted by atomic mass is 16.5. The van der Waals surface area contributed by atoms with Crippen LogP contribution in [0.1, 0.15) is 24.8 Å². The highest BCUT2D eigenvalue weighted by Crippen LogP contribution is 2.34. The van der Waals surface area contributed by atoms with Crippen molar-refractivity contribution in [2.24, 2.45) is 0 Å². The molecule has 1 atom stereocenters. The zero-order valence-electron chi connectivity index (χ0n) is 17.6. The summed E-state index contributed by atoms with van der Waals surface area (Å²) in [4.78, 5) is 19.2. The van der Waals surface area contributed by atoms with Crippen molar-refractivity contribution >= 4 is 11.7 Å². The molecule has 1 aliphatic heterocycles. The first kappa shape index (κ1) is 20.5. The fourth-order valence-corrected chi connectivity index (χ4v) is 3.58. The predicted octanol–water partition coefficient (Wildman–Crippen LogP) is 4.13. The Balaban J connectivity index is 1.50. The standard InChI is InChI=1S/C22H24N4O5/c1-28-15-8-6-14(7-9-15)20-24-21(31-25-20)18-5-4-12-26(18)22(27)23-17-11-10-16(29-2)13-19(17)30-3/h6-11,13,18H,4-5,12H2,1-3H3,(H,23,27). The number of rotatable bonds is 6. The number of hydrogen-bond donors (Lipinski definition) is 1. The lowest BCUT2D eigenvalue weighted by Crippen LogP contribution is -2.34. The molecule has 162 valence electrons. The number of hydrogen-bond acceptors (Lipinski definition) is 7. The lowest BCUT2D eigenvalue weighted by atomic mass is 10.2. The third-order valence-corrected chi connectivity index (χ3v) is 5.24. The van der Waals surface area contributed by atoms with E-state index in [1.165, 1.54) is 0 Å². The summed E-state index contributed by atoms with van der Waals surface area (Å²) < 4.78 is 21.3. The van der Waals surface area contributed by atoms with E-state index in [-0.39, 0.29) is 12.1 Å². The number of nitrogens with zero attached hydrogens (tertiary/aromatic N) is 3. The maximum Gasteiger partial charge on any atom is 0.322 e. The molecule has 1 aliphatic rings. The van der Waals surface area contributed by atoms with Gasteiger partial charge in [0.05, 0.1) is 27.0 Å². The third-order valence-electron chi connectivity index (χ3n) is 5.24. The van der Waals surface area contributed by atoms with Gasteiger partial charge in [0.15, 0.2) is 0 Å². The molecule has 0 bridgehead atoms. The summed E-state index contributed by atoms with van der Waals surface area (Å²) in [5, 5.41) is 7.00. The van der Waals surface area contributed by atoms with Crippen LogP contribution in [0.3, 0.4) is 0 Å². The zero-order chi connectivity index (χ0) is 21.8. The van der Waals surface area contributed by atoms with Gasteiger partial charge in [-0.05, 0) is 49.2 Å². The van der Waals surface area contributed by atoms with Gasteiger partial charge in [0.25, 0.3) is 0 Å². The van der Waals surface area contributed by atoms with Crippen molar-refractivity contribution < 1.29 is 23.5 Å². The molecule has 9 heteroatoms. The van der Waals surface area contributed by atoms with Crippen LogP contribution in [0.5, 0.6) is 17.2 Å². The van der Waals surface area contributed by atoms with Gasteiger partial charge < -0.3 is 29.0 Å². The first-order valence-electron chi connectivity index (χ1n) is 9.90. The first-order chi connectivity index (χ1) is 15.1. The van der Waals surface area contributed by atoms with E-state index in [4.69, 9.17) is 18.7 Å². The number of aromatic nitrogens is 2. The number of nitrogens with one attached hydrogen (secondary N) is 1. The average molecular weight is 424 g/mol. The minimum Gasteiger partial charge on any atom is -0.497 e. The molecule has 1 unspecified atom stereocenters. The van der Waals surface area contributed by atoms with Crippen molar-refractivity contribution in [1.29, 1.82) is 0 Å². The minimum atomic E-state index is -0.288. The largest absolute Gasteiger partial charge is 0.497 e. The first-order valence-corrected chi connectivity index (χ1v) is 9.90. The van der Waals surface area contributed by atoms with E-state index < -0.39 is 0 Å². The molecular weight excluding hydrogens is 400 g/mol. The Kier molecular flexibility index (Phi) is 5.92. The topological polar surface area (TPSA) is 99.0 Å². The monoisotopic (exact) mass is 424 g/mol. The second-order valence-corrected chi connectivity index (χ2v) is 7.03. The Morgan fingerprint density at radius 1 is 1.06 bits per heavy atom. The molecule has 31 heavy (non-hydrogen) atoms. The fourth-order valence-electron chi connectivity index (χ4n) is 3.58. The number of benzene rings is 2. The van der Waals surface area contributed by atoms with Crippen molar-refractivity contribution in [3.8, 4) is 28.6 Å². The van der Waals surface area contributed by atoms with Crippen LogP contribution in [-0.4, -0.2) is 48.9 Å². The summed E-state index contributed by atoms with van der Waals surface area (Å²) in [5.41, 5.74) is 1.37. The van der Waals surface area contributed by atoms with Crippen LogP contribution >= 0.6 is 0 Å². The molecule has 0 saturated carbocycles. The molecule has 1 N–H and O–H groups in total. The van der Waals surface area contributed by atoms with Crippen LogP contribution in [-0.2, 0) is 0 Å². The number of amides is 2. The van der Waals surface area contributed by atoms with Gasteiger partial charge >= 0.3 is 6.03 Å². The average Bonchev–Trinajstić information content (AvgIpc) is 3.49. The zero-order valence-corrected chi connectivity index (χ0v) is 17.6. The molecule has 0 aliphatic carbocycles. The smallest absolute Gasteiger partial charge is 0.322 e. The van der Waals surface area contributed by atoms with Gasteiger partial charge in [0, 0.05) is 18.2 Å². The molecule has 0 radical (unpaired) electrons. The van der Waals surface area contributed by atoms with Crippen LogP contribution < -0.4 is 19.5 Å². The number of ether oxygens (including phenoxy) is 3. The molecule has 2 amide bonds.